The van der Waals surface area contributed by atoms with Crippen LogP contribution in [0.15, 0.2) is 140 Å². The predicted octanol–water partition coefficient (Wildman–Crippen LogP) is 10.1. The number of hydrogen-bond donors (Lipinski definition) is 8. The summed E-state index contributed by atoms with van der Waals surface area (Å²) in [6.45, 7) is 22.3. The number of para-hydroxylation sites is 4. The Labute approximate surface area is 454 Å². The molecule has 4 aromatic carbocycles. The molecule has 4 aromatic heterocycles. The van der Waals surface area contributed by atoms with Gasteiger partial charge in [0.05, 0.1) is 5.35 Å². The van der Waals surface area contributed by atoms with Gasteiger partial charge in [-0.1, -0.05) is 156 Å². The summed E-state index contributed by atoms with van der Waals surface area (Å²) in [6.07, 6.45) is 0.815. The summed E-state index contributed by atoms with van der Waals surface area (Å²) in [5.74, 6) is -0.720. The average Bonchev–Trinajstić information content (AvgIpc) is 4.28. The third-order valence-corrected chi connectivity index (χ3v) is 13.7. The summed E-state index contributed by atoms with van der Waals surface area (Å²) in [4.78, 5) is 84.3. The van der Waals surface area contributed by atoms with Crippen LogP contribution in [0.2, 0.25) is 0 Å². The van der Waals surface area contributed by atoms with Crippen molar-refractivity contribution in [3.8, 4) is 0 Å². The van der Waals surface area contributed by atoms with Crippen molar-refractivity contribution in [3.05, 3.63) is 212 Å². The number of carbonyl (C=O) groups excluding carboxylic acids is 5. The van der Waals surface area contributed by atoms with Gasteiger partial charge in [-0.3, -0.25) is 24.0 Å². The van der Waals surface area contributed by atoms with E-state index in [-0.39, 0.29) is 23.6 Å². The largest absolute Gasteiger partial charge is 0.354 e. The molecule has 9 rings (SSSR count). The summed E-state index contributed by atoms with van der Waals surface area (Å²) >= 11 is 0. The number of anilines is 4. The molecule has 1 aliphatic heterocycles. The van der Waals surface area contributed by atoms with E-state index in [0.717, 1.165) is 17.4 Å². The van der Waals surface area contributed by atoms with Gasteiger partial charge in [0.15, 0.2) is 6.29 Å². The number of aldehydes is 1. The van der Waals surface area contributed by atoms with Gasteiger partial charge < -0.3 is 41.2 Å². The van der Waals surface area contributed by atoms with Crippen LogP contribution < -0.4 is 42.7 Å². The molecule has 8 N–H and O–H groups in total. The van der Waals surface area contributed by atoms with Gasteiger partial charge in [0.1, 0.15) is 0 Å². The van der Waals surface area contributed by atoms with Crippen molar-refractivity contribution in [1.29, 1.82) is 0 Å². The van der Waals surface area contributed by atoms with Gasteiger partial charge in [0.2, 0.25) is 23.6 Å². The number of rotatable bonds is 9. The van der Waals surface area contributed by atoms with Crippen molar-refractivity contribution in [2.24, 2.45) is 21.7 Å². The summed E-state index contributed by atoms with van der Waals surface area (Å²) < 4.78 is 0. The van der Waals surface area contributed by atoms with Crippen LogP contribution in [0.25, 0.3) is 22.3 Å². The first-order chi connectivity index (χ1) is 36.8. The van der Waals surface area contributed by atoms with Gasteiger partial charge in [0, 0.05) is 133 Å². The van der Waals surface area contributed by atoms with E-state index in [4.69, 9.17) is 0 Å². The summed E-state index contributed by atoms with van der Waals surface area (Å²) in [5.41, 5.74) is 7.63. The number of benzene rings is 4. The van der Waals surface area contributed by atoms with Crippen molar-refractivity contribution in [2.75, 3.05) is 21.3 Å². The van der Waals surface area contributed by atoms with Crippen molar-refractivity contribution >= 4 is 75.0 Å². The topological polar surface area (TPSA) is 197 Å². The highest BCUT2D eigenvalue weighted by atomic mass is 16.2. The number of carbonyl (C=O) groups is 5. The molecule has 13 heteroatoms. The first-order valence-corrected chi connectivity index (χ1v) is 26.2. The number of nitrogens with one attached hydrogen (secondary N) is 8. The highest BCUT2D eigenvalue weighted by Gasteiger charge is 2.29. The molecule has 78 heavy (non-hydrogen) atoms. The Morgan fingerprint density at radius 3 is 0.936 bits per heavy atom. The molecule has 0 saturated heterocycles. The number of aromatic nitrogens is 4. The van der Waals surface area contributed by atoms with Crippen molar-refractivity contribution in [1.82, 2.24) is 19.9 Å². The van der Waals surface area contributed by atoms with E-state index in [1.165, 1.54) is 0 Å². The lowest BCUT2D eigenvalue weighted by Crippen LogP contribution is -2.28. The van der Waals surface area contributed by atoms with Crippen LogP contribution in [0.3, 0.4) is 0 Å². The maximum atomic E-state index is 13.9. The van der Waals surface area contributed by atoms with Crippen LogP contribution in [0, 0.1) is 21.7 Å². The minimum absolute atomic E-state index is 0.163. The van der Waals surface area contributed by atoms with Crippen molar-refractivity contribution < 1.29 is 24.0 Å². The van der Waals surface area contributed by atoms with E-state index < -0.39 is 21.7 Å². The lowest BCUT2D eigenvalue weighted by Gasteiger charge is -2.21. The standard InChI is InChI=1S/C65H68N8O5/c1-62(2,3)58(75)70-42-25-17-13-21-38(42)53-46-29-30-47(66-46)54(39-22-14-18-26-43(39)71-59(76)63(4,5)6)49-33-34-51(68-49)56(41-24-16-20-28-45(41)73-61(78)65(10,11)12)57-37(36-74)35-52(69-57)55(50-32-31-48(53)67-50)40-23-15-19-27-44(40)72-60(77)64(7,8)9/h13-36,66-69H,1-12H3,(H,70,75)(H,71,76)(H,72,77)(H,73,78). The van der Waals surface area contributed by atoms with E-state index >= 15 is 0 Å². The van der Waals surface area contributed by atoms with Crippen LogP contribution in [-0.4, -0.2) is 49.9 Å². The lowest BCUT2D eigenvalue weighted by atomic mass is 9.94. The Balaban J connectivity index is 1.47. The third-order valence-electron chi connectivity index (χ3n) is 13.7. The minimum Gasteiger partial charge on any atom is -0.354 e. The molecular weight excluding hydrogens is 973 g/mol. The summed E-state index contributed by atoms with van der Waals surface area (Å²) in [6, 6.07) is 44.1. The summed E-state index contributed by atoms with van der Waals surface area (Å²) in [5, 5.41) is 15.2. The SMILES string of the molecule is CC(C)(C)C(=O)Nc1ccccc1C1=c2ccc([nH]2)=C(c2ccccc2NC(=O)C(C)(C)C)c2ccc([nH]2)C(c2ccccc2NC(=O)C(C)(C)C)=c2[nH]c(cc2C=O)=C(c2ccccc2NC(=O)C(C)(C)C)c2ccc1[nH]2. The number of fused-ring (bicyclic) bond motifs is 8. The molecule has 0 aliphatic carbocycles. The molecule has 0 spiro atoms. The Bertz CT molecular complexity index is 3960. The van der Waals surface area contributed by atoms with Gasteiger partial charge in [0.25, 0.3) is 0 Å². The van der Waals surface area contributed by atoms with Crippen LogP contribution in [0.4, 0.5) is 22.7 Å². The molecule has 0 radical (unpaired) electrons. The van der Waals surface area contributed by atoms with Gasteiger partial charge in [-0.25, -0.2) is 0 Å². The maximum Gasteiger partial charge on any atom is 0.229 e. The molecule has 8 aromatic rings. The number of H-pyrrole nitrogens is 4. The van der Waals surface area contributed by atoms with E-state index in [1.807, 2.05) is 223 Å². The van der Waals surface area contributed by atoms with Crippen LogP contribution >= 0.6 is 0 Å². The minimum atomic E-state index is -0.742. The second kappa shape index (κ2) is 20.5. The van der Waals surface area contributed by atoms with Crippen molar-refractivity contribution in [3.63, 3.8) is 0 Å². The third kappa shape index (κ3) is 10.9. The van der Waals surface area contributed by atoms with Crippen LogP contribution in [0.1, 0.15) is 138 Å². The van der Waals surface area contributed by atoms with Crippen LogP contribution in [0.5, 0.6) is 0 Å². The second-order valence-electron chi connectivity index (χ2n) is 24.0. The van der Waals surface area contributed by atoms with E-state index in [1.54, 1.807) is 0 Å². The van der Waals surface area contributed by atoms with E-state index in [9.17, 15) is 24.0 Å². The summed E-state index contributed by atoms with van der Waals surface area (Å²) in [7, 11) is 0. The molecule has 4 amide bonds. The van der Waals surface area contributed by atoms with Gasteiger partial charge in [-0.05, 0) is 66.7 Å². The smallest absolute Gasteiger partial charge is 0.229 e. The van der Waals surface area contributed by atoms with Crippen LogP contribution in [-0.2, 0) is 19.2 Å². The fourth-order valence-electron chi connectivity index (χ4n) is 9.17. The number of aromatic amines is 4. The average molecular weight is 1040 g/mol. The van der Waals surface area contributed by atoms with E-state index in [2.05, 4.69) is 41.2 Å². The highest BCUT2D eigenvalue weighted by molar-refractivity contribution is 6.02. The molecule has 1 aliphatic rings. The molecule has 398 valence electrons. The zero-order chi connectivity index (χ0) is 56.1. The first-order valence-electron chi connectivity index (χ1n) is 26.2. The molecule has 0 fully saturated rings. The van der Waals surface area contributed by atoms with Gasteiger partial charge >= 0.3 is 0 Å². The fourth-order valence-corrected chi connectivity index (χ4v) is 9.17. The quantitative estimate of drug-likeness (QED) is 0.0665. The second-order valence-corrected chi connectivity index (χ2v) is 24.0. The van der Waals surface area contributed by atoms with Gasteiger partial charge in [-0.15, -0.1) is 0 Å². The molecule has 0 saturated carbocycles. The molecule has 5 heterocycles. The van der Waals surface area contributed by atoms with Crippen molar-refractivity contribution in [2.45, 2.75) is 83.1 Å². The molecule has 13 nitrogen and oxygen atoms in total. The maximum absolute atomic E-state index is 13.9. The zero-order valence-corrected chi connectivity index (χ0v) is 46.4. The molecular formula is C65H68N8O5. The molecule has 0 atom stereocenters. The number of amides is 4. The fraction of sp³-hybridized carbons (Fsp3) is 0.246. The number of hydrogen-bond acceptors (Lipinski definition) is 5. The Hall–Kier alpha value is -8.97. The Morgan fingerprint density at radius 1 is 0.346 bits per heavy atom. The monoisotopic (exact) mass is 1040 g/mol. The predicted molar refractivity (Wildman–Crippen MR) is 312 cm³/mol. The Kier molecular flexibility index (Phi) is 14.2. The molecule has 0 unspecified atom stereocenters. The highest BCUT2D eigenvalue weighted by Crippen LogP contribution is 2.36. The first kappa shape index (κ1) is 53.8. The van der Waals surface area contributed by atoms with E-state index in [0.29, 0.717) is 106 Å². The van der Waals surface area contributed by atoms with Gasteiger partial charge in [-0.2, -0.15) is 0 Å². The zero-order valence-electron chi connectivity index (χ0n) is 46.4. The lowest BCUT2D eigenvalue weighted by molar-refractivity contribution is -0.123. The Morgan fingerprint density at radius 2 is 0.628 bits per heavy atom. The molecule has 8 bridgehead atoms. The normalized spacial score (nSPS) is 13.0.